The van der Waals surface area contributed by atoms with Crippen LogP contribution in [0.2, 0.25) is 0 Å². The van der Waals surface area contributed by atoms with E-state index in [1.807, 2.05) is 7.05 Å². The number of piperazine rings is 1. The molecule has 9 heteroatoms. The fourth-order valence-corrected chi connectivity index (χ4v) is 3.69. The highest BCUT2D eigenvalue weighted by molar-refractivity contribution is 14.0. The summed E-state index contributed by atoms with van der Waals surface area (Å²) in [5.41, 5.74) is 0. The Hall–Kier alpha value is -0.650. The highest BCUT2D eigenvalue weighted by Gasteiger charge is 2.25. The van der Waals surface area contributed by atoms with Crippen LogP contribution in [0.25, 0.3) is 0 Å². The molecule has 2 saturated heterocycles. The molecular weight excluding hydrogens is 485 g/mol. The number of halogens is 1. The van der Waals surface area contributed by atoms with Crippen LogP contribution in [-0.2, 0) is 14.3 Å². The summed E-state index contributed by atoms with van der Waals surface area (Å²) in [6.45, 7) is 8.37. The lowest BCUT2D eigenvalue weighted by Crippen LogP contribution is -2.54. The van der Waals surface area contributed by atoms with Gasteiger partial charge in [0.1, 0.15) is 0 Å². The minimum atomic E-state index is 0. The van der Waals surface area contributed by atoms with Crippen LogP contribution in [0.1, 0.15) is 32.1 Å². The van der Waals surface area contributed by atoms with Gasteiger partial charge >= 0.3 is 0 Å². The second kappa shape index (κ2) is 13.6. The van der Waals surface area contributed by atoms with Crippen LogP contribution >= 0.6 is 24.0 Å². The van der Waals surface area contributed by atoms with Gasteiger partial charge in [-0.05, 0) is 38.0 Å². The van der Waals surface area contributed by atoms with Gasteiger partial charge in [-0.2, -0.15) is 0 Å². The highest BCUT2D eigenvalue weighted by Crippen LogP contribution is 2.18. The summed E-state index contributed by atoms with van der Waals surface area (Å²) in [6, 6.07) is 0.442. The van der Waals surface area contributed by atoms with Crippen LogP contribution in [-0.4, -0.2) is 100 Å². The van der Waals surface area contributed by atoms with E-state index < -0.39 is 0 Å². The maximum atomic E-state index is 11.9. The van der Waals surface area contributed by atoms with E-state index in [2.05, 4.69) is 25.4 Å². The first-order valence-electron chi connectivity index (χ1n) is 10.9. The van der Waals surface area contributed by atoms with E-state index in [0.717, 1.165) is 97.2 Å². The molecule has 1 saturated carbocycles. The zero-order chi connectivity index (χ0) is 19.6. The molecule has 3 rings (SSSR count). The maximum Gasteiger partial charge on any atom is 0.234 e. The van der Waals surface area contributed by atoms with Crippen LogP contribution in [0, 0.1) is 5.92 Å². The van der Waals surface area contributed by atoms with Gasteiger partial charge in [0.2, 0.25) is 5.91 Å². The number of nitrogens with one attached hydrogen (secondary N) is 2. The lowest BCUT2D eigenvalue weighted by Gasteiger charge is -2.36. The Morgan fingerprint density at radius 3 is 2.52 bits per heavy atom. The van der Waals surface area contributed by atoms with Gasteiger partial charge in [0.25, 0.3) is 0 Å². The number of carbonyl (C=O) groups is 1. The number of guanidine groups is 1. The Morgan fingerprint density at radius 1 is 1.14 bits per heavy atom. The lowest BCUT2D eigenvalue weighted by molar-refractivity contribution is -0.122. The second-order valence-corrected chi connectivity index (χ2v) is 8.06. The Balaban J connectivity index is 0.00000300. The lowest BCUT2D eigenvalue weighted by atomic mass is 10.0. The number of amides is 1. The summed E-state index contributed by atoms with van der Waals surface area (Å²) in [6.07, 6.45) is 5.51. The minimum absolute atomic E-state index is 0. The van der Waals surface area contributed by atoms with E-state index in [0.29, 0.717) is 18.5 Å². The molecule has 0 atom stereocenters. The molecule has 2 aliphatic heterocycles. The summed E-state index contributed by atoms with van der Waals surface area (Å²) < 4.78 is 11.2. The molecule has 2 heterocycles. The molecule has 0 bridgehead atoms. The molecule has 8 nitrogen and oxygen atoms in total. The molecular formula is C20H38IN5O3. The number of carbonyl (C=O) groups excluding carboxylic acids is 1. The van der Waals surface area contributed by atoms with Crippen LogP contribution in [0.5, 0.6) is 0 Å². The molecule has 168 valence electrons. The molecule has 0 radical (unpaired) electrons. The first-order chi connectivity index (χ1) is 13.7. The van der Waals surface area contributed by atoms with Crippen molar-refractivity contribution in [2.75, 3.05) is 72.7 Å². The average molecular weight is 523 g/mol. The fraction of sp³-hybridized carbons (Fsp3) is 0.900. The Morgan fingerprint density at radius 2 is 1.86 bits per heavy atom. The van der Waals surface area contributed by atoms with Crippen molar-refractivity contribution in [1.29, 1.82) is 0 Å². The molecule has 0 aromatic carbocycles. The molecule has 0 unspecified atom stereocenters. The van der Waals surface area contributed by atoms with Gasteiger partial charge < -0.3 is 25.0 Å². The van der Waals surface area contributed by atoms with E-state index in [1.54, 1.807) is 0 Å². The molecule has 0 aromatic rings. The van der Waals surface area contributed by atoms with Crippen LogP contribution in [0.4, 0.5) is 0 Å². The Bertz CT molecular complexity index is 504. The third-order valence-electron chi connectivity index (χ3n) is 5.64. The number of hydrogen-bond donors (Lipinski definition) is 2. The van der Waals surface area contributed by atoms with E-state index >= 15 is 0 Å². The normalized spacial score (nSPS) is 21.6. The summed E-state index contributed by atoms with van der Waals surface area (Å²) >= 11 is 0. The van der Waals surface area contributed by atoms with Gasteiger partial charge in [0, 0.05) is 72.2 Å². The third kappa shape index (κ3) is 9.35. The number of hydrogen-bond acceptors (Lipinski definition) is 5. The number of nitrogens with zero attached hydrogens (tertiary/aromatic N) is 3. The SMILES string of the molecule is CN=C(NCCCOCC1CCOCC1)N1CCN(CC(=O)NC2CC2)CC1.I. The van der Waals surface area contributed by atoms with Crippen molar-refractivity contribution in [2.24, 2.45) is 10.9 Å². The maximum absolute atomic E-state index is 11.9. The largest absolute Gasteiger partial charge is 0.381 e. The van der Waals surface area contributed by atoms with Gasteiger partial charge in [0.05, 0.1) is 6.54 Å². The predicted molar refractivity (Wildman–Crippen MR) is 125 cm³/mol. The number of rotatable bonds is 9. The van der Waals surface area contributed by atoms with E-state index in [9.17, 15) is 4.79 Å². The molecule has 0 spiro atoms. The van der Waals surface area contributed by atoms with E-state index in [-0.39, 0.29) is 29.9 Å². The van der Waals surface area contributed by atoms with E-state index in [1.165, 1.54) is 0 Å². The molecule has 0 aromatic heterocycles. The Kier molecular flexibility index (Phi) is 11.6. The van der Waals surface area contributed by atoms with Crippen molar-refractivity contribution >= 4 is 35.8 Å². The molecule has 29 heavy (non-hydrogen) atoms. The average Bonchev–Trinajstić information content (AvgIpc) is 3.53. The molecule has 1 amide bonds. The van der Waals surface area contributed by atoms with Crippen LogP contribution < -0.4 is 10.6 Å². The quantitative estimate of drug-likeness (QED) is 0.203. The summed E-state index contributed by atoms with van der Waals surface area (Å²) in [7, 11) is 1.83. The topological polar surface area (TPSA) is 78.4 Å². The predicted octanol–water partition coefficient (Wildman–Crippen LogP) is 0.909. The summed E-state index contributed by atoms with van der Waals surface area (Å²) in [4.78, 5) is 20.9. The number of ether oxygens (including phenoxy) is 2. The zero-order valence-electron chi connectivity index (χ0n) is 17.7. The smallest absolute Gasteiger partial charge is 0.234 e. The van der Waals surface area contributed by atoms with Crippen molar-refractivity contribution in [3.63, 3.8) is 0 Å². The third-order valence-corrected chi connectivity index (χ3v) is 5.64. The highest BCUT2D eigenvalue weighted by atomic mass is 127. The monoisotopic (exact) mass is 523 g/mol. The van der Waals surface area contributed by atoms with Crippen molar-refractivity contribution in [3.8, 4) is 0 Å². The fourth-order valence-electron chi connectivity index (χ4n) is 3.69. The van der Waals surface area contributed by atoms with Crippen molar-refractivity contribution in [3.05, 3.63) is 0 Å². The van der Waals surface area contributed by atoms with Gasteiger partial charge in [-0.1, -0.05) is 0 Å². The van der Waals surface area contributed by atoms with Gasteiger partial charge in [-0.3, -0.25) is 14.7 Å². The van der Waals surface area contributed by atoms with Crippen LogP contribution in [0.15, 0.2) is 4.99 Å². The number of aliphatic imine (C=N–C) groups is 1. The van der Waals surface area contributed by atoms with Gasteiger partial charge in [-0.25, -0.2) is 0 Å². The first-order valence-corrected chi connectivity index (χ1v) is 10.9. The van der Waals surface area contributed by atoms with Crippen molar-refractivity contribution in [1.82, 2.24) is 20.4 Å². The molecule has 3 fully saturated rings. The molecule has 3 aliphatic rings. The molecule has 1 aliphatic carbocycles. The van der Waals surface area contributed by atoms with Crippen LogP contribution in [0.3, 0.4) is 0 Å². The second-order valence-electron chi connectivity index (χ2n) is 8.06. The standard InChI is InChI=1S/C20H37N5O3.HI/c1-21-20(22-7-2-12-28-16-17-5-13-27-14-6-17)25-10-8-24(9-11-25)15-19(26)23-18-3-4-18;/h17-18H,2-16H2,1H3,(H,21,22)(H,23,26);1H. The summed E-state index contributed by atoms with van der Waals surface area (Å²) in [5.74, 6) is 1.78. The summed E-state index contributed by atoms with van der Waals surface area (Å²) in [5, 5.41) is 6.51. The Labute approximate surface area is 192 Å². The minimum Gasteiger partial charge on any atom is -0.381 e. The van der Waals surface area contributed by atoms with E-state index in [4.69, 9.17) is 9.47 Å². The first kappa shape index (κ1) is 24.6. The van der Waals surface area contributed by atoms with Crippen molar-refractivity contribution in [2.45, 2.75) is 38.1 Å². The van der Waals surface area contributed by atoms with Gasteiger partial charge in [-0.15, -0.1) is 24.0 Å². The molecule has 2 N–H and O–H groups in total. The van der Waals surface area contributed by atoms with Gasteiger partial charge in [0.15, 0.2) is 5.96 Å². The zero-order valence-corrected chi connectivity index (χ0v) is 20.1. The van der Waals surface area contributed by atoms with Crippen molar-refractivity contribution < 1.29 is 14.3 Å².